The number of hydrogen-bond acceptors (Lipinski definition) is 5. The zero-order chi connectivity index (χ0) is 21.2. The van der Waals surface area contributed by atoms with Crippen LogP contribution in [0.1, 0.15) is 18.1 Å². The minimum atomic E-state index is -0.154. The first kappa shape index (κ1) is 22.1. The van der Waals surface area contributed by atoms with Crippen molar-refractivity contribution in [2.45, 2.75) is 13.8 Å². The van der Waals surface area contributed by atoms with Crippen LogP contribution >= 0.6 is 0 Å². The van der Waals surface area contributed by atoms with Gasteiger partial charge < -0.3 is 24.4 Å². The number of likely N-dealkylation sites (N-methyl/N-ethyl adjacent to an activating group) is 1. The molecule has 2 aromatic rings. The first-order valence-corrected chi connectivity index (χ1v) is 9.59. The number of methoxy groups -OCH3 is 3. The van der Waals surface area contributed by atoms with E-state index in [-0.39, 0.29) is 5.91 Å². The Labute approximate surface area is 173 Å². The van der Waals surface area contributed by atoms with Crippen LogP contribution in [0.15, 0.2) is 42.5 Å². The summed E-state index contributed by atoms with van der Waals surface area (Å²) in [6, 6.07) is 11.9. The van der Waals surface area contributed by atoms with Crippen molar-refractivity contribution >= 4 is 17.7 Å². The molecule has 0 unspecified atom stereocenters. The van der Waals surface area contributed by atoms with E-state index in [4.69, 9.17) is 14.2 Å². The van der Waals surface area contributed by atoms with E-state index in [1.54, 1.807) is 39.5 Å². The van der Waals surface area contributed by atoms with Gasteiger partial charge in [0.1, 0.15) is 0 Å². The Morgan fingerprint density at radius 3 is 2.31 bits per heavy atom. The minimum Gasteiger partial charge on any atom is -0.493 e. The molecular weight excluding hydrogens is 368 g/mol. The molecule has 2 rings (SSSR count). The van der Waals surface area contributed by atoms with Gasteiger partial charge in [-0.25, -0.2) is 0 Å². The van der Waals surface area contributed by atoms with Crippen LogP contribution in [-0.2, 0) is 4.79 Å². The Balaban J connectivity index is 1.96. The summed E-state index contributed by atoms with van der Waals surface area (Å²) in [6.45, 7) is 6.35. The molecule has 1 amide bonds. The molecule has 0 bridgehead atoms. The molecule has 0 atom stereocenters. The van der Waals surface area contributed by atoms with E-state index in [0.29, 0.717) is 23.8 Å². The Hall–Kier alpha value is -3.15. The van der Waals surface area contributed by atoms with Crippen molar-refractivity contribution in [1.82, 2.24) is 5.32 Å². The van der Waals surface area contributed by atoms with Gasteiger partial charge in [0.2, 0.25) is 11.7 Å². The Kier molecular flexibility index (Phi) is 8.40. The number of anilines is 1. The molecule has 0 saturated heterocycles. The lowest BCUT2D eigenvalue weighted by molar-refractivity contribution is -0.116. The number of nitrogens with zero attached hydrogens (tertiary/aromatic N) is 1. The van der Waals surface area contributed by atoms with Crippen LogP contribution in [0.2, 0.25) is 0 Å². The fourth-order valence-electron chi connectivity index (χ4n) is 3.04. The van der Waals surface area contributed by atoms with Gasteiger partial charge in [-0.3, -0.25) is 4.79 Å². The molecule has 0 saturated carbocycles. The highest BCUT2D eigenvalue weighted by atomic mass is 16.5. The molecule has 29 heavy (non-hydrogen) atoms. The van der Waals surface area contributed by atoms with E-state index in [9.17, 15) is 4.79 Å². The molecule has 6 heteroatoms. The normalized spacial score (nSPS) is 10.7. The average molecular weight is 399 g/mol. The van der Waals surface area contributed by atoms with E-state index in [0.717, 1.165) is 24.3 Å². The van der Waals surface area contributed by atoms with Crippen LogP contribution < -0.4 is 24.4 Å². The Morgan fingerprint density at radius 1 is 1.07 bits per heavy atom. The first-order valence-electron chi connectivity index (χ1n) is 9.59. The molecule has 0 fully saturated rings. The van der Waals surface area contributed by atoms with Crippen molar-refractivity contribution in [2.24, 2.45) is 0 Å². The van der Waals surface area contributed by atoms with Crippen LogP contribution in [0, 0.1) is 6.92 Å². The van der Waals surface area contributed by atoms with Crippen molar-refractivity contribution in [2.75, 3.05) is 45.9 Å². The maximum absolute atomic E-state index is 12.2. The standard InChI is InChI=1S/C23H30N2O4/c1-6-25(19-9-7-8-17(2)14-19)13-12-24-22(26)11-10-18-15-20(27-3)23(29-5)21(16-18)28-4/h7-11,14-16H,6,12-13H2,1-5H3,(H,24,26). The summed E-state index contributed by atoms with van der Waals surface area (Å²) in [4.78, 5) is 14.4. The molecule has 0 aliphatic heterocycles. The molecule has 0 spiro atoms. The van der Waals surface area contributed by atoms with Gasteiger partial charge in [0.25, 0.3) is 0 Å². The third-order valence-electron chi connectivity index (χ3n) is 4.54. The zero-order valence-corrected chi connectivity index (χ0v) is 17.8. The average Bonchev–Trinajstić information content (AvgIpc) is 2.74. The number of benzene rings is 2. The van der Waals surface area contributed by atoms with Crippen molar-refractivity contribution in [3.05, 3.63) is 53.6 Å². The Bertz CT molecular complexity index is 824. The second-order valence-electron chi connectivity index (χ2n) is 6.50. The van der Waals surface area contributed by atoms with E-state index < -0.39 is 0 Å². The highest BCUT2D eigenvalue weighted by Gasteiger charge is 2.12. The third kappa shape index (κ3) is 6.17. The van der Waals surface area contributed by atoms with Gasteiger partial charge in [-0.2, -0.15) is 0 Å². The third-order valence-corrected chi connectivity index (χ3v) is 4.54. The lowest BCUT2D eigenvalue weighted by atomic mass is 10.1. The van der Waals surface area contributed by atoms with Crippen molar-refractivity contribution in [3.8, 4) is 17.2 Å². The number of amides is 1. The van der Waals surface area contributed by atoms with Crippen LogP contribution in [0.25, 0.3) is 6.08 Å². The van der Waals surface area contributed by atoms with Gasteiger partial charge in [0.15, 0.2) is 11.5 Å². The molecule has 2 aromatic carbocycles. The monoisotopic (exact) mass is 398 g/mol. The number of carbonyl (C=O) groups excluding carboxylic acids is 1. The number of rotatable bonds is 10. The highest BCUT2D eigenvalue weighted by molar-refractivity contribution is 5.91. The summed E-state index contributed by atoms with van der Waals surface area (Å²) >= 11 is 0. The predicted molar refractivity (Wildman–Crippen MR) is 117 cm³/mol. The summed E-state index contributed by atoms with van der Waals surface area (Å²) in [6.07, 6.45) is 3.22. The number of nitrogens with one attached hydrogen (secondary N) is 1. The minimum absolute atomic E-state index is 0.154. The SMILES string of the molecule is CCN(CCNC(=O)C=Cc1cc(OC)c(OC)c(OC)c1)c1cccc(C)c1. The van der Waals surface area contributed by atoms with Gasteiger partial charge >= 0.3 is 0 Å². The fraction of sp³-hybridized carbons (Fsp3) is 0.348. The van der Waals surface area contributed by atoms with E-state index in [2.05, 4.69) is 42.3 Å². The second kappa shape index (κ2) is 11.0. The van der Waals surface area contributed by atoms with Gasteiger partial charge in [0.05, 0.1) is 21.3 Å². The summed E-state index contributed by atoms with van der Waals surface area (Å²) in [5, 5.41) is 2.93. The number of ether oxygens (including phenoxy) is 3. The largest absolute Gasteiger partial charge is 0.493 e. The van der Waals surface area contributed by atoms with E-state index in [1.165, 1.54) is 11.6 Å². The van der Waals surface area contributed by atoms with Gasteiger partial charge in [0, 0.05) is 31.4 Å². The number of aryl methyl sites for hydroxylation is 1. The zero-order valence-electron chi connectivity index (χ0n) is 17.8. The lowest BCUT2D eigenvalue weighted by Gasteiger charge is -2.23. The highest BCUT2D eigenvalue weighted by Crippen LogP contribution is 2.38. The fourth-order valence-corrected chi connectivity index (χ4v) is 3.04. The molecular formula is C23H30N2O4. The summed E-state index contributed by atoms with van der Waals surface area (Å²) in [7, 11) is 4.68. The van der Waals surface area contributed by atoms with E-state index in [1.807, 2.05) is 6.07 Å². The van der Waals surface area contributed by atoms with Crippen molar-refractivity contribution in [1.29, 1.82) is 0 Å². The lowest BCUT2D eigenvalue weighted by Crippen LogP contribution is -2.34. The smallest absolute Gasteiger partial charge is 0.244 e. The molecule has 0 aliphatic carbocycles. The molecule has 156 valence electrons. The maximum atomic E-state index is 12.2. The summed E-state index contributed by atoms with van der Waals surface area (Å²) in [5.41, 5.74) is 3.16. The molecule has 6 nitrogen and oxygen atoms in total. The number of hydrogen-bond donors (Lipinski definition) is 1. The van der Waals surface area contributed by atoms with Crippen molar-refractivity contribution < 1.29 is 19.0 Å². The molecule has 1 N–H and O–H groups in total. The number of carbonyl (C=O) groups is 1. The first-order chi connectivity index (χ1) is 14.0. The van der Waals surface area contributed by atoms with Crippen LogP contribution in [0.5, 0.6) is 17.2 Å². The quantitative estimate of drug-likeness (QED) is 0.619. The van der Waals surface area contributed by atoms with Gasteiger partial charge in [-0.15, -0.1) is 0 Å². The van der Waals surface area contributed by atoms with Crippen LogP contribution in [0.3, 0.4) is 0 Å². The van der Waals surface area contributed by atoms with Crippen molar-refractivity contribution in [3.63, 3.8) is 0 Å². The van der Waals surface area contributed by atoms with Crippen LogP contribution in [-0.4, -0.2) is 46.9 Å². The Morgan fingerprint density at radius 2 is 1.76 bits per heavy atom. The van der Waals surface area contributed by atoms with E-state index >= 15 is 0 Å². The molecule has 0 heterocycles. The predicted octanol–water partition coefficient (Wildman–Crippen LogP) is 3.68. The molecule has 0 radical (unpaired) electrons. The molecule has 0 aliphatic rings. The summed E-state index contributed by atoms with van der Waals surface area (Å²) < 4.78 is 16.0. The topological polar surface area (TPSA) is 60.0 Å². The summed E-state index contributed by atoms with van der Waals surface area (Å²) in [5.74, 6) is 1.46. The van der Waals surface area contributed by atoms with Gasteiger partial charge in [-0.05, 0) is 55.3 Å². The van der Waals surface area contributed by atoms with Crippen LogP contribution in [0.4, 0.5) is 5.69 Å². The second-order valence-corrected chi connectivity index (χ2v) is 6.50. The molecule has 0 aromatic heterocycles. The van der Waals surface area contributed by atoms with Gasteiger partial charge in [-0.1, -0.05) is 12.1 Å². The maximum Gasteiger partial charge on any atom is 0.244 e.